The van der Waals surface area contributed by atoms with Crippen molar-refractivity contribution >= 4 is 10.9 Å². The zero-order valence-corrected chi connectivity index (χ0v) is 15.2. The summed E-state index contributed by atoms with van der Waals surface area (Å²) in [5.74, 6) is 2.20. The van der Waals surface area contributed by atoms with Crippen LogP contribution in [0.25, 0.3) is 10.9 Å². The standard InChI is InChI=1S/C21H30N2O/c1-5-16(3)17(6-2)9-12-22-13-10-18-11-14-23-21-8-7-19(24-4)15-20(18)21/h5,7-8,11,14-17,22H,1,6,9-10,12-13H2,2-4H3. The number of aromatic nitrogens is 1. The number of hydrogen-bond acceptors (Lipinski definition) is 3. The van der Waals surface area contributed by atoms with Gasteiger partial charge in [0.2, 0.25) is 0 Å². The molecule has 24 heavy (non-hydrogen) atoms. The number of rotatable bonds is 10. The van der Waals surface area contributed by atoms with Crippen LogP contribution < -0.4 is 10.1 Å². The van der Waals surface area contributed by atoms with Crippen molar-refractivity contribution in [2.24, 2.45) is 11.8 Å². The van der Waals surface area contributed by atoms with E-state index in [2.05, 4.69) is 48.9 Å². The van der Waals surface area contributed by atoms with Crippen LogP contribution in [0.4, 0.5) is 0 Å². The Morgan fingerprint density at radius 3 is 2.83 bits per heavy atom. The van der Waals surface area contributed by atoms with Crippen LogP contribution in [0.2, 0.25) is 0 Å². The first-order valence-corrected chi connectivity index (χ1v) is 8.94. The number of nitrogens with one attached hydrogen (secondary N) is 1. The molecule has 1 aromatic heterocycles. The van der Waals surface area contributed by atoms with Crippen LogP contribution in [0.3, 0.4) is 0 Å². The first kappa shape index (κ1) is 18.5. The highest BCUT2D eigenvalue weighted by atomic mass is 16.5. The number of methoxy groups -OCH3 is 1. The molecule has 2 unspecified atom stereocenters. The SMILES string of the molecule is C=CC(C)C(CC)CCNCCc1ccnc2ccc(OC)cc12. The second kappa shape index (κ2) is 9.43. The van der Waals surface area contributed by atoms with Gasteiger partial charge in [-0.15, -0.1) is 6.58 Å². The van der Waals surface area contributed by atoms with Gasteiger partial charge in [0.25, 0.3) is 0 Å². The molecule has 1 aromatic carbocycles. The van der Waals surface area contributed by atoms with E-state index in [-0.39, 0.29) is 0 Å². The van der Waals surface area contributed by atoms with Crippen LogP contribution in [0.15, 0.2) is 43.1 Å². The van der Waals surface area contributed by atoms with E-state index < -0.39 is 0 Å². The molecule has 3 heteroatoms. The second-order valence-corrected chi connectivity index (χ2v) is 6.40. The molecule has 3 nitrogen and oxygen atoms in total. The minimum Gasteiger partial charge on any atom is -0.497 e. The maximum absolute atomic E-state index is 5.34. The molecular formula is C21H30N2O. The van der Waals surface area contributed by atoms with Gasteiger partial charge in [-0.1, -0.05) is 26.3 Å². The molecule has 0 radical (unpaired) electrons. The van der Waals surface area contributed by atoms with Gasteiger partial charge < -0.3 is 10.1 Å². The molecule has 0 saturated carbocycles. The number of fused-ring (bicyclic) bond motifs is 1. The van der Waals surface area contributed by atoms with Crippen LogP contribution >= 0.6 is 0 Å². The number of benzene rings is 1. The fraction of sp³-hybridized carbons (Fsp3) is 0.476. The van der Waals surface area contributed by atoms with Crippen LogP contribution in [0.1, 0.15) is 32.3 Å². The molecule has 0 fully saturated rings. The molecule has 0 spiro atoms. The van der Waals surface area contributed by atoms with Crippen molar-refractivity contribution in [3.05, 3.63) is 48.7 Å². The Bertz CT molecular complexity index is 653. The van der Waals surface area contributed by atoms with Crippen molar-refractivity contribution in [1.82, 2.24) is 10.3 Å². The predicted octanol–water partition coefficient (Wildman–Crippen LogP) is 4.61. The third kappa shape index (κ3) is 4.81. The summed E-state index contributed by atoms with van der Waals surface area (Å²) in [5, 5.41) is 4.77. The number of hydrogen-bond donors (Lipinski definition) is 1. The summed E-state index contributed by atoms with van der Waals surface area (Å²) in [6, 6.07) is 8.17. The van der Waals surface area contributed by atoms with E-state index in [0.29, 0.717) is 5.92 Å². The highest BCUT2D eigenvalue weighted by Gasteiger charge is 2.11. The maximum atomic E-state index is 5.34. The third-order valence-electron chi connectivity index (χ3n) is 4.94. The lowest BCUT2D eigenvalue weighted by Gasteiger charge is -2.19. The van der Waals surface area contributed by atoms with Gasteiger partial charge in [0, 0.05) is 11.6 Å². The molecule has 0 bridgehead atoms. The quantitative estimate of drug-likeness (QED) is 0.511. The summed E-state index contributed by atoms with van der Waals surface area (Å²) in [7, 11) is 1.70. The van der Waals surface area contributed by atoms with Gasteiger partial charge in [-0.05, 0) is 67.6 Å². The van der Waals surface area contributed by atoms with Crippen molar-refractivity contribution in [3.63, 3.8) is 0 Å². The monoisotopic (exact) mass is 326 g/mol. The van der Waals surface area contributed by atoms with Crippen LogP contribution in [0.5, 0.6) is 5.75 Å². The van der Waals surface area contributed by atoms with Gasteiger partial charge in [0.05, 0.1) is 12.6 Å². The first-order valence-electron chi connectivity index (χ1n) is 8.94. The smallest absolute Gasteiger partial charge is 0.119 e. The highest BCUT2D eigenvalue weighted by molar-refractivity contribution is 5.83. The fourth-order valence-corrected chi connectivity index (χ4v) is 3.19. The van der Waals surface area contributed by atoms with Crippen molar-refractivity contribution in [3.8, 4) is 5.75 Å². The Hall–Kier alpha value is -1.87. The third-order valence-corrected chi connectivity index (χ3v) is 4.94. The minimum absolute atomic E-state index is 0.591. The lowest BCUT2D eigenvalue weighted by molar-refractivity contribution is 0.372. The minimum atomic E-state index is 0.591. The van der Waals surface area contributed by atoms with Crippen molar-refractivity contribution in [1.29, 1.82) is 0 Å². The van der Waals surface area contributed by atoms with Gasteiger partial charge in [0.15, 0.2) is 0 Å². The average molecular weight is 326 g/mol. The second-order valence-electron chi connectivity index (χ2n) is 6.40. The molecule has 130 valence electrons. The Balaban J connectivity index is 1.88. The number of nitrogens with zero attached hydrogens (tertiary/aromatic N) is 1. The van der Waals surface area contributed by atoms with E-state index in [9.17, 15) is 0 Å². The lowest BCUT2D eigenvalue weighted by atomic mass is 9.89. The van der Waals surface area contributed by atoms with Crippen LogP contribution in [-0.2, 0) is 6.42 Å². The van der Waals surface area contributed by atoms with Crippen molar-refractivity contribution in [2.45, 2.75) is 33.1 Å². The number of ether oxygens (including phenoxy) is 1. The Kier molecular flexibility index (Phi) is 7.26. The molecule has 0 aliphatic heterocycles. The van der Waals surface area contributed by atoms with Crippen molar-refractivity contribution in [2.75, 3.05) is 20.2 Å². The van der Waals surface area contributed by atoms with Gasteiger partial charge in [-0.2, -0.15) is 0 Å². The summed E-state index contributed by atoms with van der Waals surface area (Å²) in [6.45, 7) is 10.5. The molecule has 0 aliphatic carbocycles. The molecule has 2 rings (SSSR count). The van der Waals surface area contributed by atoms with E-state index in [0.717, 1.165) is 36.7 Å². The first-order chi connectivity index (χ1) is 11.7. The van der Waals surface area contributed by atoms with Gasteiger partial charge >= 0.3 is 0 Å². The molecule has 0 aliphatic rings. The normalized spacial score (nSPS) is 13.6. The molecule has 2 atom stereocenters. The molecule has 0 saturated heterocycles. The molecule has 1 heterocycles. The van der Waals surface area contributed by atoms with E-state index >= 15 is 0 Å². The average Bonchev–Trinajstić information content (AvgIpc) is 2.63. The predicted molar refractivity (Wildman–Crippen MR) is 103 cm³/mol. The molecular weight excluding hydrogens is 296 g/mol. The molecule has 2 aromatic rings. The summed E-state index contributed by atoms with van der Waals surface area (Å²) in [4.78, 5) is 4.44. The van der Waals surface area contributed by atoms with E-state index in [4.69, 9.17) is 4.74 Å². The molecule has 0 amide bonds. The zero-order chi connectivity index (χ0) is 17.4. The lowest BCUT2D eigenvalue weighted by Crippen LogP contribution is -2.22. The largest absolute Gasteiger partial charge is 0.497 e. The summed E-state index contributed by atoms with van der Waals surface area (Å²) >= 11 is 0. The topological polar surface area (TPSA) is 34.2 Å². The van der Waals surface area contributed by atoms with Gasteiger partial charge in [0.1, 0.15) is 5.75 Å². The summed E-state index contributed by atoms with van der Waals surface area (Å²) in [6.07, 6.45) is 7.38. The number of pyridine rings is 1. The molecule has 1 N–H and O–H groups in total. The van der Waals surface area contributed by atoms with E-state index in [1.807, 2.05) is 18.3 Å². The van der Waals surface area contributed by atoms with Crippen LogP contribution in [-0.4, -0.2) is 25.2 Å². The van der Waals surface area contributed by atoms with E-state index in [1.165, 1.54) is 23.8 Å². The van der Waals surface area contributed by atoms with Gasteiger partial charge in [-0.25, -0.2) is 0 Å². The Labute approximate surface area is 146 Å². The Morgan fingerprint density at radius 2 is 2.12 bits per heavy atom. The van der Waals surface area contributed by atoms with E-state index in [1.54, 1.807) is 7.11 Å². The highest BCUT2D eigenvalue weighted by Crippen LogP contribution is 2.23. The maximum Gasteiger partial charge on any atom is 0.119 e. The van der Waals surface area contributed by atoms with Crippen molar-refractivity contribution < 1.29 is 4.74 Å². The summed E-state index contributed by atoms with van der Waals surface area (Å²) in [5.41, 5.74) is 2.34. The Morgan fingerprint density at radius 1 is 1.29 bits per heavy atom. The summed E-state index contributed by atoms with van der Waals surface area (Å²) < 4.78 is 5.34. The number of allylic oxidation sites excluding steroid dienone is 1. The zero-order valence-electron chi connectivity index (χ0n) is 15.2. The fourth-order valence-electron chi connectivity index (χ4n) is 3.19. The van der Waals surface area contributed by atoms with Crippen LogP contribution in [0, 0.1) is 11.8 Å². The van der Waals surface area contributed by atoms with Gasteiger partial charge in [-0.3, -0.25) is 4.98 Å².